The summed E-state index contributed by atoms with van der Waals surface area (Å²) >= 11 is 19.3. The van der Waals surface area contributed by atoms with E-state index in [-0.39, 0.29) is 16.7 Å². The number of aromatic hydroxyl groups is 1. The molecule has 0 aliphatic rings. The molecule has 0 fully saturated rings. The van der Waals surface area contributed by atoms with Crippen LogP contribution in [0.5, 0.6) is 5.75 Å². The first-order valence-electron chi connectivity index (χ1n) is 10.8. The maximum absolute atomic E-state index is 12.6. The molecular weight excluding hydrogens is 778 g/mol. The van der Waals surface area contributed by atoms with E-state index < -0.39 is 0 Å². The van der Waals surface area contributed by atoms with Crippen LogP contribution in [0.2, 0.25) is 0 Å². The predicted octanol–water partition coefficient (Wildman–Crippen LogP) is 10.1. The van der Waals surface area contributed by atoms with Gasteiger partial charge in [-0.15, -0.1) is 0 Å². The molecule has 0 aliphatic carbocycles. The summed E-state index contributed by atoms with van der Waals surface area (Å²) in [5.74, 6) is 1.61. The number of anilines is 1. The molecule has 0 bridgehead atoms. The van der Waals surface area contributed by atoms with Gasteiger partial charge in [0.05, 0.1) is 20.4 Å². The van der Waals surface area contributed by atoms with Crippen LogP contribution in [0, 0.1) is 0 Å². The van der Waals surface area contributed by atoms with Gasteiger partial charge in [-0.3, -0.25) is 4.79 Å². The van der Waals surface area contributed by atoms with Crippen molar-refractivity contribution in [1.29, 1.82) is 0 Å². The Bertz CT molecular complexity index is 1010. The predicted molar refractivity (Wildman–Crippen MR) is 165 cm³/mol. The lowest BCUT2D eigenvalue weighted by atomic mass is 9.78. The Kier molecular flexibility index (Phi) is 11.1. The van der Waals surface area contributed by atoms with Crippen molar-refractivity contribution in [2.24, 2.45) is 0 Å². The van der Waals surface area contributed by atoms with E-state index in [0.717, 1.165) is 52.1 Å². The molecule has 3 nitrogen and oxygen atoms in total. The molecule has 0 saturated heterocycles. The van der Waals surface area contributed by atoms with Gasteiger partial charge in [0.2, 0.25) is 5.91 Å². The van der Waals surface area contributed by atoms with Gasteiger partial charge >= 0.3 is 0 Å². The number of halogens is 5. The van der Waals surface area contributed by atoms with Gasteiger partial charge < -0.3 is 10.4 Å². The van der Waals surface area contributed by atoms with Crippen molar-refractivity contribution >= 4 is 103 Å². The maximum atomic E-state index is 12.6. The van der Waals surface area contributed by atoms with Crippen LogP contribution in [0.25, 0.3) is 0 Å². The van der Waals surface area contributed by atoms with E-state index in [0.29, 0.717) is 17.2 Å². The van der Waals surface area contributed by atoms with E-state index in [2.05, 4.69) is 139 Å². The number of nitrogens with one attached hydrogen (secondary N) is 1. The number of carbonyl (C=O) groups is 1. The second-order valence-corrected chi connectivity index (χ2v) is 15.3. The SMILES string of the molecule is CC(C)(C)c1cc(CCCSCC(=O)Nc2c(Br)c(Br)c(Br)c(Br)c2Br)cc(C(C)(C)C)c1O. The molecule has 2 aromatic carbocycles. The van der Waals surface area contributed by atoms with Crippen molar-refractivity contribution in [3.05, 3.63) is 51.2 Å². The molecule has 0 saturated carbocycles. The molecular formula is C25H30Br5NO2S. The Labute approximate surface area is 249 Å². The van der Waals surface area contributed by atoms with E-state index in [1.807, 2.05) is 0 Å². The molecule has 2 aromatic rings. The van der Waals surface area contributed by atoms with E-state index in [4.69, 9.17) is 0 Å². The van der Waals surface area contributed by atoms with E-state index in [9.17, 15) is 9.90 Å². The smallest absolute Gasteiger partial charge is 0.234 e. The average molecular weight is 808 g/mol. The van der Waals surface area contributed by atoms with Crippen LogP contribution in [0.1, 0.15) is 64.7 Å². The maximum Gasteiger partial charge on any atom is 0.234 e. The molecule has 2 rings (SSSR count). The van der Waals surface area contributed by atoms with Gasteiger partial charge in [0.15, 0.2) is 0 Å². The topological polar surface area (TPSA) is 49.3 Å². The van der Waals surface area contributed by atoms with Crippen LogP contribution in [-0.2, 0) is 22.0 Å². The van der Waals surface area contributed by atoms with Crippen LogP contribution < -0.4 is 5.32 Å². The molecule has 0 heterocycles. The summed E-state index contributed by atoms with van der Waals surface area (Å²) in [6.45, 7) is 12.8. The summed E-state index contributed by atoms with van der Waals surface area (Å²) in [4.78, 5) is 12.6. The summed E-state index contributed by atoms with van der Waals surface area (Å²) in [6.07, 6.45) is 1.86. The van der Waals surface area contributed by atoms with E-state index >= 15 is 0 Å². The van der Waals surface area contributed by atoms with Gasteiger partial charge in [-0.2, -0.15) is 11.8 Å². The van der Waals surface area contributed by atoms with Crippen LogP contribution >= 0.6 is 91.4 Å². The fraction of sp³-hybridized carbons (Fsp3) is 0.480. The third kappa shape index (κ3) is 7.73. The number of amides is 1. The van der Waals surface area contributed by atoms with Gasteiger partial charge in [0.25, 0.3) is 0 Å². The molecule has 0 unspecified atom stereocenters. The minimum atomic E-state index is -0.132. The minimum absolute atomic E-state index is 0.0535. The molecule has 2 N–H and O–H groups in total. The van der Waals surface area contributed by atoms with Crippen LogP contribution in [0.4, 0.5) is 5.69 Å². The Morgan fingerprint density at radius 3 is 1.74 bits per heavy atom. The molecule has 0 atom stereocenters. The molecule has 34 heavy (non-hydrogen) atoms. The van der Waals surface area contributed by atoms with Gasteiger partial charge in [-0.1, -0.05) is 53.7 Å². The van der Waals surface area contributed by atoms with Crippen molar-refractivity contribution in [2.75, 3.05) is 16.8 Å². The monoisotopic (exact) mass is 803 g/mol. The lowest BCUT2D eigenvalue weighted by Gasteiger charge is -2.28. The third-order valence-electron chi connectivity index (χ3n) is 5.25. The highest BCUT2D eigenvalue weighted by molar-refractivity contribution is 9.15. The van der Waals surface area contributed by atoms with Gasteiger partial charge in [0.1, 0.15) is 5.75 Å². The van der Waals surface area contributed by atoms with Gasteiger partial charge in [0, 0.05) is 13.4 Å². The number of phenols is 1. The summed E-state index contributed by atoms with van der Waals surface area (Å²) in [6, 6.07) is 4.28. The van der Waals surface area contributed by atoms with Crippen LogP contribution in [0.15, 0.2) is 34.5 Å². The Morgan fingerprint density at radius 2 is 1.29 bits per heavy atom. The lowest BCUT2D eigenvalue weighted by molar-refractivity contribution is -0.113. The third-order valence-corrected chi connectivity index (χ3v) is 12.4. The highest BCUT2D eigenvalue weighted by Gasteiger charge is 2.26. The number of hydrogen-bond acceptors (Lipinski definition) is 3. The first kappa shape index (κ1) is 30.7. The van der Waals surface area contributed by atoms with Crippen molar-refractivity contribution < 1.29 is 9.90 Å². The number of phenolic OH excluding ortho intramolecular Hbond substituents is 1. The van der Waals surface area contributed by atoms with Crippen LogP contribution in [-0.4, -0.2) is 22.5 Å². The zero-order chi connectivity index (χ0) is 26.0. The fourth-order valence-corrected chi connectivity index (χ4v) is 7.41. The first-order valence-corrected chi connectivity index (χ1v) is 15.9. The van der Waals surface area contributed by atoms with E-state index in [1.165, 1.54) is 5.56 Å². The summed E-state index contributed by atoms with van der Waals surface area (Å²) < 4.78 is 4.04. The molecule has 0 aliphatic heterocycles. The molecule has 0 spiro atoms. The standard InChI is InChI=1S/C25H30Br5NO2S/c1-24(2,3)14-10-13(11-15(23(14)33)25(4,5)6)8-7-9-34-12-16(32)31-22-20(29)18(27)17(26)19(28)21(22)30/h10-11,33H,7-9,12H2,1-6H3,(H,31,32). The minimum Gasteiger partial charge on any atom is -0.507 e. The number of benzene rings is 2. The number of thioether (sulfide) groups is 1. The average Bonchev–Trinajstić information content (AvgIpc) is 2.73. The molecule has 0 aromatic heterocycles. The summed E-state index contributed by atoms with van der Waals surface area (Å²) in [7, 11) is 0. The fourth-order valence-electron chi connectivity index (χ4n) is 3.42. The zero-order valence-electron chi connectivity index (χ0n) is 20.1. The first-order chi connectivity index (χ1) is 15.6. The van der Waals surface area contributed by atoms with Crippen LogP contribution in [0.3, 0.4) is 0 Å². The highest BCUT2D eigenvalue weighted by atomic mass is 79.9. The molecule has 1 amide bonds. The lowest BCUT2D eigenvalue weighted by Crippen LogP contribution is -2.18. The molecule has 9 heteroatoms. The summed E-state index contributed by atoms with van der Waals surface area (Å²) in [5, 5.41) is 13.9. The number of hydrogen-bond donors (Lipinski definition) is 2. The normalized spacial score (nSPS) is 12.2. The quantitative estimate of drug-likeness (QED) is 0.167. The van der Waals surface area contributed by atoms with Crippen molar-refractivity contribution in [3.63, 3.8) is 0 Å². The summed E-state index contributed by atoms with van der Waals surface area (Å²) in [5.41, 5.74) is 3.63. The zero-order valence-corrected chi connectivity index (χ0v) is 28.9. The second-order valence-electron chi connectivity index (χ2n) is 10.2. The Morgan fingerprint density at radius 1 is 0.853 bits per heavy atom. The Hall–Kier alpha value is 0.460. The van der Waals surface area contributed by atoms with Crippen molar-refractivity contribution in [1.82, 2.24) is 0 Å². The largest absolute Gasteiger partial charge is 0.507 e. The second kappa shape index (κ2) is 12.3. The Balaban J connectivity index is 1.99. The van der Waals surface area contributed by atoms with Crippen molar-refractivity contribution in [3.8, 4) is 5.75 Å². The van der Waals surface area contributed by atoms with Crippen molar-refractivity contribution in [2.45, 2.75) is 65.2 Å². The number of rotatable bonds is 7. The number of carbonyl (C=O) groups excluding carboxylic acids is 1. The van der Waals surface area contributed by atoms with E-state index in [1.54, 1.807) is 11.8 Å². The highest BCUT2D eigenvalue weighted by Crippen LogP contribution is 2.47. The molecule has 188 valence electrons. The molecule has 0 radical (unpaired) electrons. The number of aryl methyl sites for hydroxylation is 1. The van der Waals surface area contributed by atoms with Gasteiger partial charge in [-0.05, 0) is 126 Å². The van der Waals surface area contributed by atoms with Gasteiger partial charge in [-0.25, -0.2) is 0 Å².